The molecule has 2 aromatic rings. The van der Waals surface area contributed by atoms with Gasteiger partial charge in [0.15, 0.2) is 5.76 Å². The van der Waals surface area contributed by atoms with E-state index < -0.39 is 12.3 Å². The number of nitrogens with one attached hydrogen (secondary N) is 1. The van der Waals surface area contributed by atoms with Crippen LogP contribution in [0, 0.1) is 5.92 Å². The van der Waals surface area contributed by atoms with Crippen LogP contribution in [0.25, 0.3) is 0 Å². The number of carbonyl (C=O) groups is 2. The summed E-state index contributed by atoms with van der Waals surface area (Å²) in [7, 11) is 1.34. The molecule has 1 aliphatic rings. The van der Waals surface area contributed by atoms with Crippen LogP contribution in [0.5, 0.6) is 0 Å². The fourth-order valence-corrected chi connectivity index (χ4v) is 3.82. The van der Waals surface area contributed by atoms with Crippen LogP contribution in [-0.4, -0.2) is 43.6 Å². The van der Waals surface area contributed by atoms with Gasteiger partial charge in [-0.2, -0.15) is 0 Å². The summed E-state index contributed by atoms with van der Waals surface area (Å²) < 4.78 is 16.6. The maximum absolute atomic E-state index is 12.9. The number of benzene rings is 2. The molecule has 1 heterocycles. The molecular formula is C25H29NO6. The van der Waals surface area contributed by atoms with Crippen LogP contribution in [0.3, 0.4) is 0 Å². The predicted molar refractivity (Wildman–Crippen MR) is 120 cm³/mol. The first kappa shape index (κ1) is 23.5. The summed E-state index contributed by atoms with van der Waals surface area (Å²) in [5.41, 5.74) is 2.03. The monoisotopic (exact) mass is 439 g/mol. The lowest BCUT2D eigenvalue weighted by Crippen LogP contribution is -2.37. The van der Waals surface area contributed by atoms with Gasteiger partial charge in [0.2, 0.25) is 6.29 Å². The van der Waals surface area contributed by atoms with Crippen molar-refractivity contribution in [3.63, 3.8) is 0 Å². The number of aliphatic hydroxyl groups excluding tert-OH is 1. The maximum atomic E-state index is 12.9. The quantitative estimate of drug-likeness (QED) is 0.576. The van der Waals surface area contributed by atoms with Crippen molar-refractivity contribution in [3.05, 3.63) is 77.6 Å². The number of hydrogen-bond acceptors (Lipinski definition) is 6. The Kier molecular flexibility index (Phi) is 8.41. The first-order chi connectivity index (χ1) is 15.6. The van der Waals surface area contributed by atoms with E-state index in [4.69, 9.17) is 14.2 Å². The standard InChI is InChI=1S/C25H29NO6/c1-3-31-25-20(10-7-15-27)21(17-11-13-18(14-12-17)24(29)30-2)16-22(32-25)23(28)26-19-8-5-4-6-9-19/h4-6,8-9,11-14,16,20-21,25,27H,3,7,10,15H2,1-2H3,(H,26,28)/t20-,21+,25+/m1/s1. The number of hydrogen-bond donors (Lipinski definition) is 2. The van der Waals surface area contributed by atoms with Crippen LogP contribution in [-0.2, 0) is 19.0 Å². The van der Waals surface area contributed by atoms with E-state index >= 15 is 0 Å². The summed E-state index contributed by atoms with van der Waals surface area (Å²) >= 11 is 0. The molecule has 7 nitrogen and oxygen atoms in total. The number of para-hydroxylation sites is 1. The molecule has 0 aliphatic carbocycles. The fraction of sp³-hybridized carbons (Fsp3) is 0.360. The largest absolute Gasteiger partial charge is 0.465 e. The Labute approximate surface area is 188 Å². The molecule has 0 saturated carbocycles. The van der Waals surface area contributed by atoms with E-state index in [0.29, 0.717) is 30.7 Å². The minimum Gasteiger partial charge on any atom is -0.465 e. The Hall–Kier alpha value is -3.16. The van der Waals surface area contributed by atoms with Crippen molar-refractivity contribution in [2.24, 2.45) is 5.92 Å². The van der Waals surface area contributed by atoms with Gasteiger partial charge < -0.3 is 24.6 Å². The van der Waals surface area contributed by atoms with Gasteiger partial charge in [-0.15, -0.1) is 0 Å². The number of ether oxygens (including phenoxy) is 3. The van der Waals surface area contributed by atoms with Gasteiger partial charge >= 0.3 is 5.97 Å². The summed E-state index contributed by atoms with van der Waals surface area (Å²) in [6, 6.07) is 16.2. The van der Waals surface area contributed by atoms with Crippen molar-refractivity contribution >= 4 is 17.6 Å². The second-order valence-corrected chi connectivity index (χ2v) is 7.46. The van der Waals surface area contributed by atoms with Gasteiger partial charge in [-0.25, -0.2) is 4.79 Å². The number of amides is 1. The number of methoxy groups -OCH3 is 1. The lowest BCUT2D eigenvalue weighted by atomic mass is 9.80. The highest BCUT2D eigenvalue weighted by molar-refractivity contribution is 6.02. The second kappa shape index (κ2) is 11.5. The molecule has 2 N–H and O–H groups in total. The van der Waals surface area contributed by atoms with Crippen molar-refractivity contribution in [1.82, 2.24) is 0 Å². The highest BCUT2D eigenvalue weighted by atomic mass is 16.7. The molecule has 7 heteroatoms. The lowest BCUT2D eigenvalue weighted by Gasteiger charge is -2.37. The van der Waals surface area contributed by atoms with Crippen LogP contribution >= 0.6 is 0 Å². The Morgan fingerprint density at radius 1 is 1.09 bits per heavy atom. The molecule has 1 amide bonds. The van der Waals surface area contributed by atoms with Crippen LogP contribution in [0.2, 0.25) is 0 Å². The van der Waals surface area contributed by atoms with Gasteiger partial charge in [0.1, 0.15) is 0 Å². The van der Waals surface area contributed by atoms with Crippen LogP contribution < -0.4 is 5.32 Å². The summed E-state index contributed by atoms with van der Waals surface area (Å²) in [5.74, 6) is -0.910. The number of anilines is 1. The van der Waals surface area contributed by atoms with Crippen LogP contribution in [0.1, 0.15) is 41.6 Å². The lowest BCUT2D eigenvalue weighted by molar-refractivity contribution is -0.165. The van der Waals surface area contributed by atoms with Crippen molar-refractivity contribution in [1.29, 1.82) is 0 Å². The predicted octanol–water partition coefficient (Wildman–Crippen LogP) is 3.86. The highest BCUT2D eigenvalue weighted by Gasteiger charge is 2.37. The van der Waals surface area contributed by atoms with Crippen molar-refractivity contribution in [2.45, 2.75) is 32.0 Å². The summed E-state index contributed by atoms with van der Waals surface area (Å²) in [4.78, 5) is 24.7. The number of aliphatic hydroxyl groups is 1. The van der Waals surface area contributed by atoms with E-state index in [9.17, 15) is 14.7 Å². The number of esters is 1. The number of rotatable bonds is 9. The van der Waals surface area contributed by atoms with Gasteiger partial charge in [0.05, 0.1) is 12.7 Å². The fourth-order valence-electron chi connectivity index (χ4n) is 3.82. The Morgan fingerprint density at radius 3 is 2.44 bits per heavy atom. The smallest absolute Gasteiger partial charge is 0.337 e. The van der Waals surface area contributed by atoms with Crippen molar-refractivity contribution in [2.75, 3.05) is 25.6 Å². The van der Waals surface area contributed by atoms with E-state index in [1.165, 1.54) is 7.11 Å². The van der Waals surface area contributed by atoms with Gasteiger partial charge in [0.25, 0.3) is 5.91 Å². The van der Waals surface area contributed by atoms with Gasteiger partial charge in [-0.1, -0.05) is 30.3 Å². The minimum atomic E-state index is -0.640. The average Bonchev–Trinajstić information content (AvgIpc) is 2.83. The molecule has 1 aliphatic heterocycles. The van der Waals surface area contributed by atoms with Gasteiger partial charge in [-0.3, -0.25) is 4.79 Å². The zero-order chi connectivity index (χ0) is 22.9. The van der Waals surface area contributed by atoms with Crippen molar-refractivity contribution in [3.8, 4) is 0 Å². The van der Waals surface area contributed by atoms with E-state index in [0.717, 1.165) is 5.56 Å². The molecule has 170 valence electrons. The van der Waals surface area contributed by atoms with Crippen LogP contribution in [0.15, 0.2) is 66.4 Å². The van der Waals surface area contributed by atoms with E-state index in [2.05, 4.69) is 5.32 Å². The maximum Gasteiger partial charge on any atom is 0.337 e. The Bertz CT molecular complexity index is 925. The SMILES string of the molecule is CCO[C@H]1OC(C(=O)Nc2ccccc2)=C[C@@H](c2ccc(C(=O)OC)cc2)[C@H]1CCCO. The molecule has 0 aromatic heterocycles. The molecule has 0 bridgehead atoms. The molecule has 3 rings (SSSR count). The molecule has 3 atom stereocenters. The van der Waals surface area contributed by atoms with E-state index in [-0.39, 0.29) is 30.1 Å². The molecule has 0 unspecified atom stereocenters. The average molecular weight is 440 g/mol. The summed E-state index contributed by atoms with van der Waals surface area (Å²) in [5, 5.41) is 12.2. The molecule has 0 radical (unpaired) electrons. The molecular weight excluding hydrogens is 410 g/mol. The van der Waals surface area contributed by atoms with E-state index in [1.54, 1.807) is 30.3 Å². The topological polar surface area (TPSA) is 94.1 Å². The number of allylic oxidation sites excluding steroid dienone is 1. The third-order valence-corrected chi connectivity index (χ3v) is 5.38. The third-order valence-electron chi connectivity index (χ3n) is 5.38. The first-order valence-corrected chi connectivity index (χ1v) is 10.7. The third kappa shape index (κ3) is 5.75. The van der Waals surface area contributed by atoms with E-state index in [1.807, 2.05) is 37.3 Å². The first-order valence-electron chi connectivity index (χ1n) is 10.7. The molecule has 2 aromatic carbocycles. The Morgan fingerprint density at radius 2 is 1.81 bits per heavy atom. The summed E-state index contributed by atoms with van der Waals surface area (Å²) in [6.07, 6.45) is 2.38. The Balaban J connectivity index is 1.94. The zero-order valence-corrected chi connectivity index (χ0v) is 18.3. The van der Waals surface area contributed by atoms with Crippen LogP contribution in [0.4, 0.5) is 5.69 Å². The second-order valence-electron chi connectivity index (χ2n) is 7.46. The van der Waals surface area contributed by atoms with Gasteiger partial charge in [-0.05, 0) is 55.7 Å². The van der Waals surface area contributed by atoms with Crippen molar-refractivity contribution < 1.29 is 28.9 Å². The molecule has 0 spiro atoms. The van der Waals surface area contributed by atoms with Gasteiger partial charge in [0, 0.05) is 30.7 Å². The molecule has 0 saturated heterocycles. The highest BCUT2D eigenvalue weighted by Crippen LogP contribution is 2.39. The molecule has 0 fully saturated rings. The number of carbonyl (C=O) groups excluding carboxylic acids is 2. The molecule has 32 heavy (non-hydrogen) atoms. The summed E-state index contributed by atoms with van der Waals surface area (Å²) in [6.45, 7) is 2.34. The normalized spacial score (nSPS) is 20.1. The zero-order valence-electron chi connectivity index (χ0n) is 18.3. The minimum absolute atomic E-state index is 0.0500.